The first-order valence-corrected chi connectivity index (χ1v) is 13.1. The largest absolute Gasteiger partial charge is 0.496 e. The van der Waals surface area contributed by atoms with Gasteiger partial charge in [-0.15, -0.1) is 0 Å². The number of nitrogens with one attached hydrogen (secondary N) is 1. The van der Waals surface area contributed by atoms with Crippen LogP contribution in [0.3, 0.4) is 0 Å². The van der Waals surface area contributed by atoms with E-state index in [0.717, 1.165) is 16.9 Å². The first kappa shape index (κ1) is 22.5. The van der Waals surface area contributed by atoms with E-state index in [9.17, 15) is 16.8 Å². The second-order valence-corrected chi connectivity index (χ2v) is 11.9. The average Bonchev–Trinajstić information content (AvgIpc) is 3.19. The summed E-state index contributed by atoms with van der Waals surface area (Å²) in [6.45, 7) is 1.70. The normalized spacial score (nSPS) is 12.0. The molecule has 0 amide bonds. The lowest BCUT2D eigenvalue weighted by atomic mass is 10.2. The standard InChI is InChI=1S/C19H19ClN2O5S3/c1-3-29(23,24)19-22-18(30(25,26)15-10-8-14(20)9-11-15)17(28-19)21-12-13-6-4-5-7-16(13)27-2/h4-11,21H,3,12H2,1-2H3. The summed E-state index contributed by atoms with van der Waals surface area (Å²) in [6, 6.07) is 12.9. The minimum Gasteiger partial charge on any atom is -0.496 e. The lowest BCUT2D eigenvalue weighted by molar-refractivity contribution is 0.410. The number of benzene rings is 2. The van der Waals surface area contributed by atoms with Gasteiger partial charge in [-0.05, 0) is 30.3 Å². The number of hydrogen-bond donors (Lipinski definition) is 1. The number of hydrogen-bond acceptors (Lipinski definition) is 8. The topological polar surface area (TPSA) is 102 Å². The molecule has 0 spiro atoms. The van der Waals surface area contributed by atoms with Crippen molar-refractivity contribution in [2.45, 2.75) is 27.7 Å². The van der Waals surface area contributed by atoms with Gasteiger partial charge in [0.25, 0.3) is 0 Å². The number of nitrogens with zero attached hydrogens (tertiary/aromatic N) is 1. The van der Waals surface area contributed by atoms with Crippen molar-refractivity contribution in [1.82, 2.24) is 4.98 Å². The van der Waals surface area contributed by atoms with Crippen LogP contribution in [-0.2, 0) is 26.2 Å². The van der Waals surface area contributed by atoms with Crippen LogP contribution < -0.4 is 10.1 Å². The number of para-hydroxylation sites is 1. The molecule has 1 aromatic heterocycles. The van der Waals surface area contributed by atoms with E-state index in [2.05, 4.69) is 10.3 Å². The lowest BCUT2D eigenvalue weighted by Crippen LogP contribution is -2.08. The summed E-state index contributed by atoms with van der Waals surface area (Å²) in [4.78, 5) is 3.96. The van der Waals surface area contributed by atoms with E-state index in [1.807, 2.05) is 18.2 Å². The molecule has 0 bridgehead atoms. The third-order valence-electron chi connectivity index (χ3n) is 4.23. The fraction of sp³-hybridized carbons (Fsp3) is 0.211. The highest BCUT2D eigenvalue weighted by atomic mass is 35.5. The first-order chi connectivity index (χ1) is 14.2. The summed E-state index contributed by atoms with van der Waals surface area (Å²) in [5.74, 6) is 0.436. The minimum atomic E-state index is -4.07. The Labute approximate surface area is 184 Å². The molecule has 0 aliphatic rings. The number of ether oxygens (including phenoxy) is 1. The summed E-state index contributed by atoms with van der Waals surface area (Å²) in [5.41, 5.74) is 0.781. The monoisotopic (exact) mass is 486 g/mol. The van der Waals surface area contributed by atoms with Gasteiger partial charge in [0.2, 0.25) is 24.0 Å². The summed E-state index contributed by atoms with van der Waals surface area (Å²) >= 11 is 6.65. The molecule has 7 nitrogen and oxygen atoms in total. The minimum absolute atomic E-state index is 0.0296. The van der Waals surface area contributed by atoms with Crippen LogP contribution in [0.5, 0.6) is 5.75 Å². The summed E-state index contributed by atoms with van der Waals surface area (Å²) in [7, 11) is -6.22. The first-order valence-electron chi connectivity index (χ1n) is 8.79. The van der Waals surface area contributed by atoms with Gasteiger partial charge in [0.15, 0.2) is 5.03 Å². The fourth-order valence-electron chi connectivity index (χ4n) is 2.59. The maximum absolute atomic E-state index is 13.2. The van der Waals surface area contributed by atoms with Gasteiger partial charge >= 0.3 is 0 Å². The number of halogens is 1. The quantitative estimate of drug-likeness (QED) is 0.512. The fourth-order valence-corrected chi connectivity index (χ4v) is 6.71. The van der Waals surface area contributed by atoms with Crippen molar-refractivity contribution in [1.29, 1.82) is 0 Å². The SMILES string of the molecule is CCS(=O)(=O)c1nc(S(=O)(=O)c2ccc(Cl)cc2)c(NCc2ccccc2OC)s1. The van der Waals surface area contributed by atoms with Gasteiger partial charge < -0.3 is 10.1 Å². The third-order valence-corrected chi connectivity index (χ3v) is 9.51. The molecule has 0 fully saturated rings. The molecule has 160 valence electrons. The Morgan fingerprint density at radius 1 is 1.07 bits per heavy atom. The van der Waals surface area contributed by atoms with Gasteiger partial charge in [-0.25, -0.2) is 21.8 Å². The molecule has 11 heteroatoms. The van der Waals surface area contributed by atoms with Crippen LogP contribution in [0, 0.1) is 0 Å². The molecule has 0 aliphatic carbocycles. The Bertz CT molecular complexity index is 1250. The highest BCUT2D eigenvalue weighted by molar-refractivity contribution is 7.94. The van der Waals surface area contributed by atoms with E-state index in [4.69, 9.17) is 16.3 Å². The van der Waals surface area contributed by atoms with Crippen molar-refractivity contribution in [3.05, 3.63) is 59.1 Å². The molecule has 1 heterocycles. The molecule has 0 atom stereocenters. The van der Waals surface area contributed by atoms with Gasteiger partial charge in [0, 0.05) is 17.1 Å². The van der Waals surface area contributed by atoms with Crippen molar-refractivity contribution in [2.24, 2.45) is 0 Å². The molecular weight excluding hydrogens is 468 g/mol. The van der Waals surface area contributed by atoms with Crippen molar-refractivity contribution < 1.29 is 21.6 Å². The van der Waals surface area contributed by atoms with Gasteiger partial charge in [-0.2, -0.15) is 0 Å². The predicted molar refractivity (Wildman–Crippen MR) is 117 cm³/mol. The highest BCUT2D eigenvalue weighted by Gasteiger charge is 2.30. The highest BCUT2D eigenvalue weighted by Crippen LogP contribution is 2.36. The van der Waals surface area contributed by atoms with Crippen molar-refractivity contribution in [2.75, 3.05) is 18.2 Å². The number of methoxy groups -OCH3 is 1. The van der Waals surface area contributed by atoms with Crippen molar-refractivity contribution in [3.8, 4) is 5.75 Å². The Kier molecular flexibility index (Phi) is 6.71. The number of thiazole rings is 1. The molecule has 0 radical (unpaired) electrons. The number of anilines is 1. The third kappa shape index (κ3) is 4.61. The van der Waals surface area contributed by atoms with Crippen LogP contribution in [0.4, 0.5) is 5.00 Å². The van der Waals surface area contributed by atoms with Crippen molar-refractivity contribution in [3.63, 3.8) is 0 Å². The van der Waals surface area contributed by atoms with Crippen LogP contribution in [0.2, 0.25) is 5.02 Å². The summed E-state index contributed by atoms with van der Waals surface area (Å²) in [5, 5.41) is 3.20. The smallest absolute Gasteiger partial charge is 0.226 e. The van der Waals surface area contributed by atoms with Crippen molar-refractivity contribution >= 4 is 47.6 Å². The number of sulfone groups is 2. The van der Waals surface area contributed by atoms with E-state index in [1.165, 1.54) is 38.3 Å². The predicted octanol–water partition coefficient (Wildman–Crippen LogP) is 4.04. The second-order valence-electron chi connectivity index (χ2n) is 6.14. The van der Waals surface area contributed by atoms with Crippen LogP contribution in [0.15, 0.2) is 62.8 Å². The van der Waals surface area contributed by atoms with E-state index in [-0.39, 0.29) is 31.6 Å². The van der Waals surface area contributed by atoms with Crippen LogP contribution in [0.1, 0.15) is 12.5 Å². The molecule has 1 N–H and O–H groups in total. The molecule has 0 saturated heterocycles. The average molecular weight is 487 g/mol. The lowest BCUT2D eigenvalue weighted by Gasteiger charge is -2.10. The maximum atomic E-state index is 13.2. The van der Waals surface area contributed by atoms with E-state index in [0.29, 0.717) is 10.8 Å². The molecule has 0 saturated carbocycles. The van der Waals surface area contributed by atoms with E-state index < -0.39 is 19.7 Å². The number of aromatic nitrogens is 1. The summed E-state index contributed by atoms with van der Waals surface area (Å²) in [6.07, 6.45) is 0. The van der Waals surface area contributed by atoms with Gasteiger partial charge in [0.1, 0.15) is 10.8 Å². The zero-order valence-corrected chi connectivity index (χ0v) is 19.3. The molecule has 0 aliphatic heterocycles. The van der Waals surface area contributed by atoms with E-state index in [1.54, 1.807) is 6.07 Å². The Hall–Kier alpha value is -2.14. The molecule has 3 aromatic rings. The zero-order valence-electron chi connectivity index (χ0n) is 16.1. The molecular formula is C19H19ClN2O5S3. The Morgan fingerprint density at radius 2 is 1.73 bits per heavy atom. The van der Waals surface area contributed by atoms with Crippen LogP contribution in [0.25, 0.3) is 0 Å². The maximum Gasteiger partial charge on any atom is 0.226 e. The Balaban J connectivity index is 2.06. The summed E-state index contributed by atoms with van der Waals surface area (Å²) < 4.78 is 56.1. The van der Waals surface area contributed by atoms with Gasteiger partial charge in [-0.1, -0.05) is 48.1 Å². The van der Waals surface area contributed by atoms with Crippen LogP contribution in [-0.4, -0.2) is 34.7 Å². The number of rotatable bonds is 8. The molecule has 0 unspecified atom stereocenters. The second kappa shape index (κ2) is 8.93. The molecule has 2 aromatic carbocycles. The molecule has 3 rings (SSSR count). The zero-order chi connectivity index (χ0) is 21.9. The van der Waals surface area contributed by atoms with Gasteiger partial charge in [-0.3, -0.25) is 0 Å². The van der Waals surface area contributed by atoms with E-state index >= 15 is 0 Å². The van der Waals surface area contributed by atoms with Crippen LogP contribution >= 0.6 is 22.9 Å². The van der Waals surface area contributed by atoms with Gasteiger partial charge in [0.05, 0.1) is 17.8 Å². The molecule has 30 heavy (non-hydrogen) atoms. The Morgan fingerprint density at radius 3 is 2.37 bits per heavy atom.